The maximum Gasteiger partial charge on any atom is 0.124 e. The van der Waals surface area contributed by atoms with Crippen LogP contribution in [0.25, 0.3) is 0 Å². The van der Waals surface area contributed by atoms with Crippen LogP contribution >= 0.6 is 0 Å². The van der Waals surface area contributed by atoms with E-state index in [4.69, 9.17) is 0 Å². The fourth-order valence-electron chi connectivity index (χ4n) is 6.96. The van der Waals surface area contributed by atoms with Gasteiger partial charge in [-0.2, -0.15) is 0 Å². The third kappa shape index (κ3) is 2.84. The van der Waals surface area contributed by atoms with Crippen LogP contribution in [0.1, 0.15) is 87.2 Å². The largest absolute Gasteiger partial charge is 0.744 e. The van der Waals surface area contributed by atoms with Crippen LogP contribution in [0.4, 0.5) is 0 Å². The first-order valence-corrected chi connectivity index (χ1v) is 12.0. The van der Waals surface area contributed by atoms with Crippen LogP contribution in [0.2, 0.25) is 0 Å². The van der Waals surface area contributed by atoms with Gasteiger partial charge in [0.1, 0.15) is 10.1 Å². The van der Waals surface area contributed by atoms with Crippen LogP contribution in [0.3, 0.4) is 0 Å². The van der Waals surface area contributed by atoms with Crippen molar-refractivity contribution in [3.63, 3.8) is 0 Å². The van der Waals surface area contributed by atoms with Gasteiger partial charge >= 0.3 is 0 Å². The predicted octanol–water partition coefficient (Wildman–Crippen LogP) is 5.18. The summed E-state index contributed by atoms with van der Waals surface area (Å²) in [6.45, 7) is 0. The highest BCUT2D eigenvalue weighted by molar-refractivity contribution is 7.85. The Morgan fingerprint density at radius 1 is 0.731 bits per heavy atom. The van der Waals surface area contributed by atoms with E-state index in [1.54, 1.807) is 0 Å². The zero-order chi connectivity index (χ0) is 17.9. The molecule has 4 heteroatoms. The molecule has 7 rings (SSSR count). The molecule has 3 nitrogen and oxygen atoms in total. The van der Waals surface area contributed by atoms with Crippen molar-refractivity contribution in [1.82, 2.24) is 0 Å². The Morgan fingerprint density at radius 3 is 1.46 bits per heavy atom. The van der Waals surface area contributed by atoms with Gasteiger partial charge in [-0.25, -0.2) is 8.42 Å². The van der Waals surface area contributed by atoms with Gasteiger partial charge in [-0.15, -0.1) is 0 Å². The summed E-state index contributed by atoms with van der Waals surface area (Å²) in [7, 11) is -4.45. The summed E-state index contributed by atoms with van der Waals surface area (Å²) in [5.41, 5.74) is 1.74. The first-order valence-electron chi connectivity index (χ1n) is 10.6. The molecule has 6 aliphatic carbocycles. The molecule has 2 atom stereocenters. The van der Waals surface area contributed by atoms with Gasteiger partial charge in [0.15, 0.2) is 0 Å². The molecule has 0 spiro atoms. The molecule has 6 fully saturated rings. The van der Waals surface area contributed by atoms with E-state index in [2.05, 4.69) is 0 Å². The normalized spacial score (nSPS) is 39.3. The number of fused-ring (bicyclic) bond motifs is 6. The van der Waals surface area contributed by atoms with Crippen LogP contribution in [0.15, 0.2) is 23.1 Å². The smallest absolute Gasteiger partial charge is 0.124 e. The van der Waals surface area contributed by atoms with Crippen molar-refractivity contribution in [3.05, 3.63) is 29.3 Å². The summed E-state index contributed by atoms with van der Waals surface area (Å²) in [6, 6.07) is 5.95. The van der Waals surface area contributed by atoms with Crippen molar-refractivity contribution in [2.75, 3.05) is 0 Å². The molecular formula is C22H29O3S-. The average molecular weight is 374 g/mol. The SMILES string of the molecule is O=S(=O)([O-])c1c(C2CC3CCC2CC3)cccc1C1CC2CCC1CC2. The molecule has 1 aromatic rings. The highest BCUT2D eigenvalue weighted by atomic mass is 32.2. The molecule has 1 aromatic carbocycles. The molecule has 0 aromatic heterocycles. The molecule has 6 aliphatic rings. The molecule has 0 aliphatic heterocycles. The summed E-state index contributed by atoms with van der Waals surface area (Å²) in [4.78, 5) is 0.190. The van der Waals surface area contributed by atoms with Gasteiger partial charge in [-0.05, 0) is 85.2 Å². The Kier molecular flexibility index (Phi) is 4.20. The topological polar surface area (TPSA) is 57.2 Å². The van der Waals surface area contributed by atoms with Gasteiger partial charge in [-0.1, -0.05) is 43.9 Å². The Hall–Kier alpha value is -0.870. The molecule has 6 saturated carbocycles. The van der Waals surface area contributed by atoms with E-state index in [-0.39, 0.29) is 16.7 Å². The van der Waals surface area contributed by atoms with Crippen LogP contribution in [-0.4, -0.2) is 13.0 Å². The van der Waals surface area contributed by atoms with Crippen LogP contribution in [0, 0.1) is 23.7 Å². The fourth-order valence-corrected chi connectivity index (χ4v) is 7.98. The summed E-state index contributed by atoms with van der Waals surface area (Å²) in [5.74, 6) is 3.14. The minimum absolute atomic E-state index is 0.190. The zero-order valence-electron chi connectivity index (χ0n) is 15.4. The van der Waals surface area contributed by atoms with E-state index in [0.29, 0.717) is 11.8 Å². The molecule has 0 N–H and O–H groups in total. The highest BCUT2D eigenvalue weighted by Gasteiger charge is 2.41. The van der Waals surface area contributed by atoms with Gasteiger partial charge < -0.3 is 4.55 Å². The third-order valence-electron chi connectivity index (χ3n) is 8.22. The van der Waals surface area contributed by atoms with E-state index in [9.17, 15) is 13.0 Å². The second-order valence-corrected chi connectivity index (χ2v) is 10.8. The van der Waals surface area contributed by atoms with Gasteiger partial charge in [0.2, 0.25) is 0 Å². The van der Waals surface area contributed by atoms with Crippen LogP contribution < -0.4 is 0 Å². The van der Waals surface area contributed by atoms with Crippen LogP contribution in [-0.2, 0) is 10.1 Å². The molecule has 0 radical (unpaired) electrons. The van der Waals surface area contributed by atoms with Crippen molar-refractivity contribution in [2.45, 2.75) is 80.9 Å². The maximum atomic E-state index is 12.4. The standard InChI is InChI=1S/C22H30O3S/c23-26(24,25)22-18(20-12-14-4-8-16(20)9-5-14)2-1-3-19(22)21-13-15-6-10-17(21)11-7-15/h1-3,14-17,20-21H,4-13H2,(H,23,24,25)/p-1. The van der Waals surface area contributed by atoms with Crippen molar-refractivity contribution >= 4 is 10.1 Å². The van der Waals surface area contributed by atoms with Crippen molar-refractivity contribution in [2.24, 2.45) is 23.7 Å². The molecule has 142 valence electrons. The van der Waals surface area contributed by atoms with E-state index < -0.39 is 10.1 Å². The second-order valence-electron chi connectivity index (χ2n) is 9.47. The predicted molar refractivity (Wildman–Crippen MR) is 100 cm³/mol. The number of hydrogen-bond acceptors (Lipinski definition) is 3. The molecule has 0 saturated heterocycles. The quantitative estimate of drug-likeness (QED) is 0.686. The molecule has 2 unspecified atom stereocenters. The average Bonchev–Trinajstić information content (AvgIpc) is 2.68. The Bertz CT molecular complexity index is 735. The van der Waals surface area contributed by atoms with E-state index >= 15 is 0 Å². The minimum Gasteiger partial charge on any atom is -0.744 e. The first-order chi connectivity index (χ1) is 12.5. The number of benzene rings is 1. The number of hydrogen-bond donors (Lipinski definition) is 0. The summed E-state index contributed by atoms with van der Waals surface area (Å²) < 4.78 is 37.3. The lowest BCUT2D eigenvalue weighted by Crippen LogP contribution is -2.33. The van der Waals surface area contributed by atoms with Crippen molar-refractivity contribution in [3.8, 4) is 0 Å². The third-order valence-corrected chi connectivity index (χ3v) is 9.19. The number of rotatable bonds is 3. The van der Waals surface area contributed by atoms with Gasteiger partial charge in [0.05, 0.1) is 4.90 Å². The Balaban J connectivity index is 1.60. The molecule has 0 amide bonds. The minimum atomic E-state index is -4.45. The lowest BCUT2D eigenvalue weighted by molar-refractivity contribution is 0.138. The van der Waals surface area contributed by atoms with Gasteiger partial charge in [-0.3, -0.25) is 0 Å². The fraction of sp³-hybridized carbons (Fsp3) is 0.727. The monoisotopic (exact) mass is 373 g/mol. The molecule has 26 heavy (non-hydrogen) atoms. The summed E-state index contributed by atoms with van der Waals surface area (Å²) in [6.07, 6.45) is 12.1. The molecule has 0 heterocycles. The maximum absolute atomic E-state index is 12.4. The Morgan fingerprint density at radius 2 is 1.15 bits per heavy atom. The van der Waals surface area contributed by atoms with Gasteiger partial charge in [0, 0.05) is 0 Å². The first kappa shape index (κ1) is 17.2. The van der Waals surface area contributed by atoms with Crippen molar-refractivity contribution < 1.29 is 13.0 Å². The van der Waals surface area contributed by atoms with Gasteiger partial charge in [0.25, 0.3) is 0 Å². The van der Waals surface area contributed by atoms with E-state index in [0.717, 1.165) is 35.8 Å². The Labute approximate surface area is 157 Å². The lowest BCUT2D eigenvalue weighted by atomic mass is 9.61. The summed E-state index contributed by atoms with van der Waals surface area (Å²) in [5, 5.41) is 0. The van der Waals surface area contributed by atoms with Crippen LogP contribution in [0.5, 0.6) is 0 Å². The van der Waals surface area contributed by atoms with E-state index in [1.807, 2.05) is 18.2 Å². The lowest BCUT2D eigenvalue weighted by Gasteiger charge is -2.45. The van der Waals surface area contributed by atoms with Crippen molar-refractivity contribution in [1.29, 1.82) is 0 Å². The van der Waals surface area contributed by atoms with E-state index in [1.165, 1.54) is 51.4 Å². The summed E-state index contributed by atoms with van der Waals surface area (Å²) >= 11 is 0. The second kappa shape index (κ2) is 6.34. The highest BCUT2D eigenvalue weighted by Crippen LogP contribution is 2.54. The zero-order valence-corrected chi connectivity index (χ0v) is 16.2. The molecule has 4 bridgehead atoms. The molecular weight excluding hydrogens is 344 g/mol.